The second-order valence-electron chi connectivity index (χ2n) is 4.31. The van der Waals surface area contributed by atoms with Crippen LogP contribution in [0.5, 0.6) is 0 Å². The maximum absolute atomic E-state index is 11.7. The molecule has 82 valence electrons. The minimum absolute atomic E-state index is 0.00915. The zero-order valence-electron chi connectivity index (χ0n) is 9.08. The van der Waals surface area contributed by atoms with Crippen LogP contribution in [-0.4, -0.2) is 21.7 Å². The van der Waals surface area contributed by atoms with Crippen molar-refractivity contribution in [3.63, 3.8) is 0 Å². The van der Waals surface area contributed by atoms with E-state index in [1.54, 1.807) is 0 Å². The number of hydrogen-bond donors (Lipinski definition) is 2. The van der Waals surface area contributed by atoms with Gasteiger partial charge in [0.1, 0.15) is 5.82 Å². The molecule has 15 heavy (non-hydrogen) atoms. The normalized spacial score (nSPS) is 24.2. The highest BCUT2D eigenvalue weighted by Crippen LogP contribution is 2.44. The van der Waals surface area contributed by atoms with Crippen molar-refractivity contribution in [2.24, 2.45) is 5.92 Å². The van der Waals surface area contributed by atoms with E-state index in [4.69, 9.17) is 5.11 Å². The van der Waals surface area contributed by atoms with E-state index in [1.807, 2.05) is 6.92 Å². The van der Waals surface area contributed by atoms with Gasteiger partial charge in [0.15, 0.2) is 0 Å². The fourth-order valence-corrected chi connectivity index (χ4v) is 1.92. The third-order valence-electron chi connectivity index (χ3n) is 3.06. The topological polar surface area (TPSA) is 66.0 Å². The minimum atomic E-state index is -0.0920. The Morgan fingerprint density at radius 1 is 1.60 bits per heavy atom. The average Bonchev–Trinajstić information content (AvgIpc) is 2.89. The summed E-state index contributed by atoms with van der Waals surface area (Å²) in [4.78, 5) is 18.9. The molecule has 2 atom stereocenters. The number of aliphatic hydroxyl groups excluding tert-OH is 1. The van der Waals surface area contributed by atoms with E-state index >= 15 is 0 Å². The summed E-state index contributed by atoms with van der Waals surface area (Å²) >= 11 is 0. The Bertz CT molecular complexity index is 425. The molecule has 0 aromatic carbocycles. The Labute approximate surface area is 88.4 Å². The van der Waals surface area contributed by atoms with Crippen LogP contribution in [0.3, 0.4) is 0 Å². The van der Waals surface area contributed by atoms with Gasteiger partial charge < -0.3 is 10.1 Å². The number of nitrogens with zero attached hydrogens (tertiary/aromatic N) is 1. The second-order valence-corrected chi connectivity index (χ2v) is 4.31. The van der Waals surface area contributed by atoms with Crippen molar-refractivity contribution in [3.8, 4) is 0 Å². The van der Waals surface area contributed by atoms with E-state index < -0.39 is 0 Å². The molecular formula is C11H16N2O2. The lowest BCUT2D eigenvalue weighted by atomic mass is 10.1. The molecule has 1 fully saturated rings. The van der Waals surface area contributed by atoms with Crippen molar-refractivity contribution < 1.29 is 5.11 Å². The van der Waals surface area contributed by atoms with Crippen molar-refractivity contribution in [2.45, 2.75) is 32.6 Å². The molecule has 0 spiro atoms. The summed E-state index contributed by atoms with van der Waals surface area (Å²) in [6.45, 7) is 3.98. The fourth-order valence-electron chi connectivity index (χ4n) is 1.92. The molecule has 1 aliphatic carbocycles. The third-order valence-corrected chi connectivity index (χ3v) is 3.06. The Balaban J connectivity index is 2.35. The van der Waals surface area contributed by atoms with Crippen LogP contribution >= 0.6 is 0 Å². The Morgan fingerprint density at radius 3 is 2.73 bits per heavy atom. The van der Waals surface area contributed by atoms with Gasteiger partial charge in [-0.3, -0.25) is 4.79 Å². The van der Waals surface area contributed by atoms with Gasteiger partial charge in [-0.15, -0.1) is 0 Å². The lowest BCUT2D eigenvalue weighted by Gasteiger charge is -2.05. The van der Waals surface area contributed by atoms with Crippen LogP contribution in [0.25, 0.3) is 0 Å². The molecule has 0 amide bonds. The maximum atomic E-state index is 11.7. The number of hydrogen-bond acceptors (Lipinski definition) is 3. The van der Waals surface area contributed by atoms with Crippen LogP contribution in [0.2, 0.25) is 0 Å². The Kier molecular flexibility index (Phi) is 2.61. The monoisotopic (exact) mass is 208 g/mol. The summed E-state index contributed by atoms with van der Waals surface area (Å²) < 4.78 is 0. The van der Waals surface area contributed by atoms with Gasteiger partial charge in [-0.25, -0.2) is 4.98 Å². The van der Waals surface area contributed by atoms with E-state index in [2.05, 4.69) is 16.9 Å². The molecule has 0 radical (unpaired) electrons. The first kappa shape index (κ1) is 10.4. The highest BCUT2D eigenvalue weighted by molar-refractivity contribution is 5.20. The number of rotatable bonds is 3. The van der Waals surface area contributed by atoms with E-state index in [1.165, 1.54) is 0 Å². The third kappa shape index (κ3) is 1.95. The second kappa shape index (κ2) is 3.77. The molecule has 0 bridgehead atoms. The van der Waals surface area contributed by atoms with Crippen molar-refractivity contribution in [1.82, 2.24) is 9.97 Å². The average molecular weight is 208 g/mol. The lowest BCUT2D eigenvalue weighted by molar-refractivity contribution is 0.298. The summed E-state index contributed by atoms with van der Waals surface area (Å²) in [5, 5.41) is 8.82. The van der Waals surface area contributed by atoms with Crippen molar-refractivity contribution in [1.29, 1.82) is 0 Å². The first-order valence-corrected chi connectivity index (χ1v) is 5.34. The van der Waals surface area contributed by atoms with E-state index in [0.29, 0.717) is 23.8 Å². The Hall–Kier alpha value is -1.16. The van der Waals surface area contributed by atoms with Crippen molar-refractivity contribution in [2.75, 3.05) is 6.61 Å². The van der Waals surface area contributed by atoms with E-state index in [-0.39, 0.29) is 12.2 Å². The zero-order valence-corrected chi connectivity index (χ0v) is 9.08. The van der Waals surface area contributed by atoms with Gasteiger partial charge in [-0.1, -0.05) is 6.92 Å². The summed E-state index contributed by atoms with van der Waals surface area (Å²) in [7, 11) is 0. The van der Waals surface area contributed by atoms with Crippen molar-refractivity contribution >= 4 is 0 Å². The van der Waals surface area contributed by atoms with E-state index in [9.17, 15) is 4.79 Å². The van der Waals surface area contributed by atoms with Crippen LogP contribution in [0, 0.1) is 12.8 Å². The summed E-state index contributed by atoms with van der Waals surface area (Å²) in [5.41, 5.74) is 1.27. The summed E-state index contributed by atoms with van der Waals surface area (Å²) in [5.74, 6) is 1.88. The summed E-state index contributed by atoms with van der Waals surface area (Å²) in [6.07, 6.45) is 1.50. The SMILES string of the molecule is Cc1nc(C2CC2C)[nH]c(=O)c1CCO. The molecule has 1 aliphatic rings. The predicted octanol–water partition coefficient (Wildman–Crippen LogP) is 0.737. The lowest BCUT2D eigenvalue weighted by Crippen LogP contribution is -2.19. The molecule has 1 aromatic rings. The number of nitrogens with one attached hydrogen (secondary N) is 1. The molecule has 2 N–H and O–H groups in total. The highest BCUT2D eigenvalue weighted by Gasteiger charge is 2.36. The van der Waals surface area contributed by atoms with Gasteiger partial charge in [-0.2, -0.15) is 0 Å². The van der Waals surface area contributed by atoms with Crippen LogP contribution in [0.1, 0.15) is 36.3 Å². The van der Waals surface area contributed by atoms with Gasteiger partial charge in [0.05, 0.1) is 0 Å². The first-order valence-electron chi connectivity index (χ1n) is 5.34. The molecular weight excluding hydrogens is 192 g/mol. The van der Waals surface area contributed by atoms with Gasteiger partial charge in [0.25, 0.3) is 5.56 Å². The van der Waals surface area contributed by atoms with Gasteiger partial charge in [-0.05, 0) is 19.3 Å². The van der Waals surface area contributed by atoms with Crippen LogP contribution in [0.4, 0.5) is 0 Å². The van der Waals surface area contributed by atoms with E-state index in [0.717, 1.165) is 17.9 Å². The molecule has 4 nitrogen and oxygen atoms in total. The number of aromatic amines is 1. The fraction of sp³-hybridized carbons (Fsp3) is 0.636. The predicted molar refractivity (Wildman–Crippen MR) is 56.9 cm³/mol. The van der Waals surface area contributed by atoms with Crippen LogP contribution in [0.15, 0.2) is 4.79 Å². The number of aliphatic hydroxyl groups is 1. The van der Waals surface area contributed by atoms with Gasteiger partial charge in [0.2, 0.25) is 0 Å². The smallest absolute Gasteiger partial charge is 0.254 e. The molecule has 2 rings (SSSR count). The highest BCUT2D eigenvalue weighted by atomic mass is 16.3. The maximum Gasteiger partial charge on any atom is 0.254 e. The van der Waals surface area contributed by atoms with Crippen LogP contribution < -0.4 is 5.56 Å². The summed E-state index contributed by atoms with van der Waals surface area (Å²) in [6, 6.07) is 0. The molecule has 0 saturated heterocycles. The quantitative estimate of drug-likeness (QED) is 0.769. The number of aromatic nitrogens is 2. The van der Waals surface area contributed by atoms with Crippen LogP contribution in [-0.2, 0) is 6.42 Å². The molecule has 1 aromatic heterocycles. The minimum Gasteiger partial charge on any atom is -0.396 e. The van der Waals surface area contributed by atoms with Gasteiger partial charge >= 0.3 is 0 Å². The standard InChI is InChI=1S/C11H16N2O2/c1-6-5-9(6)10-12-7(2)8(3-4-14)11(15)13-10/h6,9,14H,3-5H2,1-2H3,(H,12,13,15). The van der Waals surface area contributed by atoms with Gasteiger partial charge in [0, 0.05) is 30.2 Å². The zero-order chi connectivity index (χ0) is 11.0. The van der Waals surface area contributed by atoms with Crippen molar-refractivity contribution in [3.05, 3.63) is 27.4 Å². The molecule has 1 heterocycles. The number of H-pyrrole nitrogens is 1. The molecule has 4 heteroatoms. The molecule has 0 aliphatic heterocycles. The Morgan fingerprint density at radius 2 is 2.27 bits per heavy atom. The molecule has 2 unspecified atom stereocenters. The molecule has 1 saturated carbocycles. The number of aryl methyl sites for hydroxylation is 1. The largest absolute Gasteiger partial charge is 0.396 e. The first-order chi connectivity index (χ1) is 7.13.